The van der Waals surface area contributed by atoms with Gasteiger partial charge in [0, 0.05) is 5.41 Å². The summed E-state index contributed by atoms with van der Waals surface area (Å²) in [6.45, 7) is 4.52. The van der Waals surface area contributed by atoms with Crippen LogP contribution in [0.3, 0.4) is 0 Å². The third-order valence-corrected chi connectivity index (χ3v) is 10.5. The summed E-state index contributed by atoms with van der Waals surface area (Å²) in [5, 5.41) is 43.6. The van der Waals surface area contributed by atoms with Crippen LogP contribution in [0.2, 0.25) is 0 Å². The summed E-state index contributed by atoms with van der Waals surface area (Å²) in [4.78, 5) is 0. The van der Waals surface area contributed by atoms with E-state index < -0.39 is 16.6 Å². The second kappa shape index (κ2) is 6.55. The number of benzene rings is 1. The molecule has 1 aromatic rings. The Balaban J connectivity index is 1.51. The quantitative estimate of drug-likeness (QED) is 0.647. The first-order chi connectivity index (χ1) is 14.2. The molecular formula is C26H35NO3. The van der Waals surface area contributed by atoms with Crippen molar-refractivity contribution in [3.63, 3.8) is 0 Å². The van der Waals surface area contributed by atoms with E-state index >= 15 is 0 Å². The zero-order valence-corrected chi connectivity index (χ0v) is 18.3. The van der Waals surface area contributed by atoms with Crippen molar-refractivity contribution in [3.05, 3.63) is 35.4 Å². The zero-order chi connectivity index (χ0) is 21.4. The van der Waals surface area contributed by atoms with Gasteiger partial charge in [0.05, 0.1) is 28.9 Å². The third-order valence-electron chi connectivity index (χ3n) is 10.5. The number of hydrogen-bond acceptors (Lipinski definition) is 4. The van der Waals surface area contributed by atoms with Crippen molar-refractivity contribution in [2.75, 3.05) is 0 Å². The van der Waals surface area contributed by atoms with Crippen molar-refractivity contribution in [1.29, 1.82) is 5.26 Å². The van der Waals surface area contributed by atoms with Crippen molar-refractivity contribution in [2.45, 2.75) is 88.9 Å². The lowest BCUT2D eigenvalue weighted by molar-refractivity contribution is -0.238. The Morgan fingerprint density at radius 3 is 2.33 bits per heavy atom. The van der Waals surface area contributed by atoms with E-state index in [0.717, 1.165) is 50.5 Å². The summed E-state index contributed by atoms with van der Waals surface area (Å²) in [5.41, 5.74) is -0.917. The van der Waals surface area contributed by atoms with Crippen LogP contribution in [0.1, 0.15) is 82.8 Å². The number of fused-ring (bicyclic) bond motifs is 5. The molecular weight excluding hydrogens is 374 g/mol. The van der Waals surface area contributed by atoms with Crippen LogP contribution in [0.5, 0.6) is 0 Å². The molecule has 4 fully saturated rings. The van der Waals surface area contributed by atoms with Gasteiger partial charge >= 0.3 is 0 Å². The van der Waals surface area contributed by atoms with Crippen LogP contribution in [-0.2, 0) is 5.60 Å². The number of hydrogen-bond donors (Lipinski definition) is 3. The third kappa shape index (κ3) is 2.43. The normalized spacial score (nSPS) is 50.1. The Hall–Kier alpha value is -1.41. The van der Waals surface area contributed by atoms with Crippen molar-refractivity contribution in [1.82, 2.24) is 0 Å². The highest BCUT2D eigenvalue weighted by atomic mass is 16.3. The van der Waals surface area contributed by atoms with Gasteiger partial charge in [0.2, 0.25) is 0 Å². The van der Waals surface area contributed by atoms with E-state index in [-0.39, 0.29) is 17.4 Å². The molecule has 0 spiro atoms. The molecule has 3 N–H and O–H groups in total. The van der Waals surface area contributed by atoms with Gasteiger partial charge in [-0.3, -0.25) is 0 Å². The standard InChI is InChI=1S/C26H35NO3/c1-23-11-9-20(28)15-19(23)7-8-22-21(23)10-12-24(2)25(29,13-14-26(22,24)30)18-5-3-17(16-27)4-6-18/h3-6,19-22,28-30H,7-15H2,1-2H3/t19-,20+,21+,22-,23+,24-,25+,26+/m1/s1. The van der Waals surface area contributed by atoms with Gasteiger partial charge in [-0.05, 0) is 98.7 Å². The van der Waals surface area contributed by atoms with Crippen LogP contribution in [0.15, 0.2) is 24.3 Å². The predicted octanol–water partition coefficient (Wildman–Crippen LogP) is 4.26. The molecule has 0 aliphatic heterocycles. The molecule has 0 heterocycles. The molecule has 4 aliphatic carbocycles. The van der Waals surface area contributed by atoms with Gasteiger partial charge in [-0.2, -0.15) is 5.26 Å². The van der Waals surface area contributed by atoms with Crippen LogP contribution < -0.4 is 0 Å². The van der Waals surface area contributed by atoms with Gasteiger partial charge in [-0.1, -0.05) is 26.0 Å². The van der Waals surface area contributed by atoms with Gasteiger partial charge < -0.3 is 15.3 Å². The minimum atomic E-state index is -1.07. The lowest BCUT2D eigenvalue weighted by Crippen LogP contribution is -2.64. The average molecular weight is 410 g/mol. The second-order valence-corrected chi connectivity index (χ2v) is 11.3. The van der Waals surface area contributed by atoms with E-state index in [1.165, 1.54) is 0 Å². The van der Waals surface area contributed by atoms with Gasteiger partial charge in [0.15, 0.2) is 0 Å². The Morgan fingerprint density at radius 1 is 0.900 bits per heavy atom. The molecule has 0 amide bonds. The van der Waals surface area contributed by atoms with Crippen LogP contribution in [0, 0.1) is 39.9 Å². The molecule has 8 atom stereocenters. The van der Waals surface area contributed by atoms with E-state index in [2.05, 4.69) is 19.9 Å². The first-order valence-electron chi connectivity index (χ1n) is 11.8. The molecule has 162 valence electrons. The van der Waals surface area contributed by atoms with Gasteiger partial charge in [0.25, 0.3) is 0 Å². The molecule has 0 aromatic heterocycles. The molecule has 1 aromatic carbocycles. The minimum absolute atomic E-state index is 0.162. The summed E-state index contributed by atoms with van der Waals surface area (Å²) < 4.78 is 0. The Labute approximate surface area is 179 Å². The molecule has 30 heavy (non-hydrogen) atoms. The van der Waals surface area contributed by atoms with Gasteiger partial charge in [0.1, 0.15) is 0 Å². The number of rotatable bonds is 1. The fourth-order valence-corrected chi connectivity index (χ4v) is 8.50. The van der Waals surface area contributed by atoms with Crippen molar-refractivity contribution < 1.29 is 15.3 Å². The maximum absolute atomic E-state index is 12.3. The van der Waals surface area contributed by atoms with Crippen LogP contribution in [0.4, 0.5) is 0 Å². The number of aliphatic hydroxyl groups is 3. The van der Waals surface area contributed by atoms with Crippen molar-refractivity contribution >= 4 is 0 Å². The highest BCUT2D eigenvalue weighted by Crippen LogP contribution is 2.71. The molecule has 5 rings (SSSR count). The Kier molecular flexibility index (Phi) is 4.47. The smallest absolute Gasteiger partial charge is 0.0991 e. The SMILES string of the molecule is C[C@]12CC[C@H](O)C[C@H]1CC[C@@H]1[C@@H]2CC[C@]2(C)[C@@](O)(c3ccc(C#N)cc3)CC[C@]12O. The molecule has 0 radical (unpaired) electrons. The van der Waals surface area contributed by atoms with Crippen LogP contribution in [-0.4, -0.2) is 27.0 Å². The lowest BCUT2D eigenvalue weighted by Gasteiger charge is -2.64. The van der Waals surface area contributed by atoms with E-state index in [1.807, 2.05) is 12.1 Å². The number of nitrogens with zero attached hydrogens (tertiary/aromatic N) is 1. The first-order valence-corrected chi connectivity index (χ1v) is 11.8. The fraction of sp³-hybridized carbons (Fsp3) is 0.731. The van der Waals surface area contributed by atoms with Crippen molar-refractivity contribution in [2.24, 2.45) is 28.6 Å². The fourth-order valence-electron chi connectivity index (χ4n) is 8.50. The molecule has 0 unspecified atom stereocenters. The number of aliphatic hydroxyl groups excluding tert-OH is 1. The van der Waals surface area contributed by atoms with E-state index in [0.29, 0.717) is 30.2 Å². The van der Waals surface area contributed by atoms with Gasteiger partial charge in [-0.25, -0.2) is 0 Å². The van der Waals surface area contributed by atoms with E-state index in [9.17, 15) is 15.3 Å². The summed E-state index contributed by atoms with van der Waals surface area (Å²) in [7, 11) is 0. The summed E-state index contributed by atoms with van der Waals surface area (Å²) in [6, 6.07) is 9.46. The van der Waals surface area contributed by atoms with Gasteiger partial charge in [-0.15, -0.1) is 0 Å². The maximum Gasteiger partial charge on any atom is 0.0991 e. The minimum Gasteiger partial charge on any atom is -0.393 e. The topological polar surface area (TPSA) is 84.5 Å². The van der Waals surface area contributed by atoms with Crippen molar-refractivity contribution in [3.8, 4) is 6.07 Å². The monoisotopic (exact) mass is 409 g/mol. The average Bonchev–Trinajstić information content (AvgIpc) is 2.96. The highest BCUT2D eigenvalue weighted by molar-refractivity contribution is 5.38. The summed E-state index contributed by atoms with van der Waals surface area (Å²) >= 11 is 0. The zero-order valence-electron chi connectivity index (χ0n) is 18.3. The molecule has 0 bridgehead atoms. The molecule has 4 nitrogen and oxygen atoms in total. The second-order valence-electron chi connectivity index (χ2n) is 11.3. The van der Waals surface area contributed by atoms with Crippen LogP contribution in [0.25, 0.3) is 0 Å². The molecule has 4 saturated carbocycles. The molecule has 4 heteroatoms. The summed E-state index contributed by atoms with van der Waals surface area (Å²) in [5.74, 6) is 1.22. The Morgan fingerprint density at radius 2 is 1.63 bits per heavy atom. The largest absolute Gasteiger partial charge is 0.393 e. The predicted molar refractivity (Wildman–Crippen MR) is 114 cm³/mol. The summed E-state index contributed by atoms with van der Waals surface area (Å²) in [6.07, 6.45) is 7.77. The lowest BCUT2D eigenvalue weighted by atomic mass is 9.43. The van der Waals surface area contributed by atoms with E-state index in [4.69, 9.17) is 5.26 Å². The first kappa shape index (κ1) is 20.5. The molecule has 4 aliphatic rings. The van der Waals surface area contributed by atoms with E-state index in [1.54, 1.807) is 12.1 Å². The maximum atomic E-state index is 12.3. The highest BCUT2D eigenvalue weighted by Gasteiger charge is 2.71. The van der Waals surface area contributed by atoms with Crippen LogP contribution >= 0.6 is 0 Å². The molecule has 0 saturated heterocycles. The Bertz CT molecular complexity index is 877. The number of nitriles is 1.